The van der Waals surface area contributed by atoms with E-state index < -0.39 is 75.6 Å². The molecule has 0 bridgehead atoms. The summed E-state index contributed by atoms with van der Waals surface area (Å²) in [6.07, 6.45) is 1.22. The maximum Gasteiger partial charge on any atom is 0.408 e. The van der Waals surface area contributed by atoms with E-state index in [1.54, 1.807) is 46.8 Å². The van der Waals surface area contributed by atoms with Crippen molar-refractivity contribution < 1.29 is 41.9 Å². The number of ether oxygens (including phenoxy) is 2. The van der Waals surface area contributed by atoms with Crippen LogP contribution in [0, 0.1) is 18.8 Å². The smallest absolute Gasteiger partial charge is 0.408 e. The third-order valence-electron chi connectivity index (χ3n) is 10.8. The van der Waals surface area contributed by atoms with E-state index in [1.165, 1.54) is 18.3 Å². The highest BCUT2D eigenvalue weighted by Crippen LogP contribution is 2.23. The number of rotatable bonds is 22. The summed E-state index contributed by atoms with van der Waals surface area (Å²) in [4.78, 5) is 74.8. The van der Waals surface area contributed by atoms with E-state index in [0.717, 1.165) is 32.6 Å². The summed E-state index contributed by atoms with van der Waals surface area (Å²) in [6.45, 7) is 13.9. The van der Waals surface area contributed by atoms with Gasteiger partial charge in [-0.25, -0.2) is 22.2 Å². The van der Waals surface area contributed by atoms with Gasteiger partial charge in [-0.3, -0.25) is 19.2 Å². The number of imidazole rings is 1. The molecule has 0 saturated carbocycles. The molecule has 0 aliphatic rings. The number of aryl methyl sites for hydroxylation is 1. The van der Waals surface area contributed by atoms with Crippen molar-refractivity contribution in [3.05, 3.63) is 156 Å². The van der Waals surface area contributed by atoms with Gasteiger partial charge in [0.1, 0.15) is 36.1 Å². The number of hydrogen-bond acceptors (Lipinski definition) is 10. The number of benzene rings is 4. The molecule has 0 aliphatic heterocycles. The largest absolute Gasteiger partial charge is 0.444 e. The van der Waals surface area contributed by atoms with Crippen molar-refractivity contribution in [1.29, 1.82) is 0 Å². The van der Waals surface area contributed by atoms with Gasteiger partial charge in [0, 0.05) is 12.6 Å². The molecule has 0 aliphatic carbocycles. The third-order valence-corrected chi connectivity index (χ3v) is 12.4. The Morgan fingerprint density at radius 1 is 0.652 bits per heavy atom. The van der Waals surface area contributed by atoms with Crippen molar-refractivity contribution >= 4 is 39.7 Å². The molecule has 4 aromatic carbocycles. The lowest BCUT2D eigenvalue weighted by Crippen LogP contribution is -2.60. The van der Waals surface area contributed by atoms with Crippen molar-refractivity contribution in [3.63, 3.8) is 0 Å². The Morgan fingerprint density at radius 3 is 1.74 bits per heavy atom. The highest BCUT2D eigenvalue weighted by Gasteiger charge is 2.35. The zero-order chi connectivity index (χ0) is 50.3. The van der Waals surface area contributed by atoms with Crippen LogP contribution in [-0.2, 0) is 51.7 Å². The molecule has 5 rings (SSSR count). The number of carbonyl (C=O) groups excluding carboxylic acids is 5. The molecule has 16 nitrogen and oxygen atoms in total. The fourth-order valence-electron chi connectivity index (χ4n) is 7.25. The maximum atomic E-state index is 14.6. The number of hydrogen-bond donors (Lipinski definition) is 5. The quantitative estimate of drug-likeness (QED) is 0.0534. The lowest BCUT2D eigenvalue weighted by molar-refractivity contribution is -0.135. The minimum Gasteiger partial charge on any atom is -0.444 e. The van der Waals surface area contributed by atoms with Gasteiger partial charge in [-0.1, -0.05) is 136 Å². The normalized spacial score (nSPS) is 13.5. The van der Waals surface area contributed by atoms with Gasteiger partial charge >= 0.3 is 6.09 Å². The standard InChI is InChI=1S/C52H65N7O9S/c1-34(2)28-42(48(61)57-45(35(3)4)50(63)58-46(38-20-14-10-15-21-38)39-22-16-11-17-23-39)54-47(60)43(29-40-30-59(33-53-40)69(65,66)41-26-24-36(5)25-27-41)55-49(62)44(56-51(64)68-52(6,7)8)32-67-31-37-18-12-9-13-19-37/h9-27,30,33-35,42-46H,28-29,31-32H2,1-8H3,(H,54,60)(H,55,62)(H,56,64)(H,57,61)(H,58,63)/t42-,43-,44-,45-/m0/s1. The van der Waals surface area contributed by atoms with E-state index >= 15 is 0 Å². The third kappa shape index (κ3) is 16.1. The molecule has 4 atom stereocenters. The Bertz CT molecular complexity index is 2540. The molecule has 368 valence electrons. The van der Waals surface area contributed by atoms with Crippen LogP contribution in [0.4, 0.5) is 4.79 Å². The van der Waals surface area contributed by atoms with Crippen LogP contribution >= 0.6 is 0 Å². The first-order valence-corrected chi connectivity index (χ1v) is 24.4. The monoisotopic (exact) mass is 963 g/mol. The second kappa shape index (κ2) is 24.4. The Kier molecular flexibility index (Phi) is 18.8. The SMILES string of the molecule is Cc1ccc(S(=O)(=O)n2cnc(C[C@H](NC(=O)[C@H](COCc3ccccc3)NC(=O)OC(C)(C)C)C(=O)N[C@@H](CC(C)C)C(=O)N[C@H](C(=O)NC(c3ccccc3)c3ccccc3)C(C)C)c2)cc1. The number of nitrogens with zero attached hydrogens (tertiary/aromatic N) is 2. The molecule has 69 heavy (non-hydrogen) atoms. The fraction of sp³-hybridized carbons (Fsp3) is 0.385. The average molecular weight is 964 g/mol. The van der Waals surface area contributed by atoms with Crippen LogP contribution in [0.3, 0.4) is 0 Å². The number of amides is 5. The Balaban J connectivity index is 1.42. The second-order valence-electron chi connectivity index (χ2n) is 18.7. The lowest BCUT2D eigenvalue weighted by atomic mass is 9.96. The summed E-state index contributed by atoms with van der Waals surface area (Å²) in [7, 11) is -4.10. The molecule has 17 heteroatoms. The molecule has 0 saturated heterocycles. The van der Waals surface area contributed by atoms with E-state index in [-0.39, 0.29) is 48.5 Å². The average Bonchev–Trinajstić information content (AvgIpc) is 3.79. The van der Waals surface area contributed by atoms with Gasteiger partial charge in [-0.05, 0) is 74.8 Å². The summed E-state index contributed by atoms with van der Waals surface area (Å²) < 4.78 is 39.4. The summed E-state index contributed by atoms with van der Waals surface area (Å²) in [5, 5.41) is 14.0. The molecule has 1 aromatic heterocycles. The van der Waals surface area contributed by atoms with Gasteiger partial charge < -0.3 is 36.1 Å². The number of aromatic nitrogens is 2. The Morgan fingerprint density at radius 2 is 1.19 bits per heavy atom. The van der Waals surface area contributed by atoms with E-state index in [4.69, 9.17) is 9.47 Å². The Labute approximate surface area is 405 Å². The topological polar surface area (TPSA) is 216 Å². The van der Waals surface area contributed by atoms with E-state index in [2.05, 4.69) is 31.6 Å². The zero-order valence-electron chi connectivity index (χ0n) is 40.5. The molecule has 0 fully saturated rings. The van der Waals surface area contributed by atoms with E-state index in [0.29, 0.717) is 0 Å². The molecule has 0 spiro atoms. The predicted octanol–water partition coefficient (Wildman–Crippen LogP) is 6.14. The molecule has 5 aromatic rings. The first-order chi connectivity index (χ1) is 32.7. The van der Waals surface area contributed by atoms with Crippen molar-refractivity contribution in [2.24, 2.45) is 11.8 Å². The van der Waals surface area contributed by atoms with Crippen molar-refractivity contribution in [1.82, 2.24) is 35.5 Å². The van der Waals surface area contributed by atoms with Crippen molar-refractivity contribution in [2.75, 3.05) is 6.61 Å². The van der Waals surface area contributed by atoms with Gasteiger partial charge in [0.2, 0.25) is 23.6 Å². The van der Waals surface area contributed by atoms with Crippen LogP contribution in [0.5, 0.6) is 0 Å². The minimum atomic E-state index is -4.10. The number of alkyl carbamates (subject to hydrolysis) is 1. The van der Waals surface area contributed by atoms with Gasteiger partial charge in [-0.15, -0.1) is 0 Å². The van der Waals surface area contributed by atoms with Gasteiger partial charge in [0.05, 0.1) is 29.8 Å². The maximum absolute atomic E-state index is 14.6. The van der Waals surface area contributed by atoms with Gasteiger partial charge in [-0.2, -0.15) is 0 Å². The van der Waals surface area contributed by atoms with Crippen molar-refractivity contribution in [3.8, 4) is 0 Å². The molecule has 5 N–H and O–H groups in total. The second-order valence-corrected chi connectivity index (χ2v) is 20.5. The van der Waals surface area contributed by atoms with Crippen LogP contribution in [0.15, 0.2) is 133 Å². The fourth-order valence-corrected chi connectivity index (χ4v) is 8.41. The summed E-state index contributed by atoms with van der Waals surface area (Å²) >= 11 is 0. The van der Waals surface area contributed by atoms with E-state index in [9.17, 15) is 32.4 Å². The predicted molar refractivity (Wildman–Crippen MR) is 262 cm³/mol. The highest BCUT2D eigenvalue weighted by atomic mass is 32.2. The lowest BCUT2D eigenvalue weighted by Gasteiger charge is -2.29. The molecular weight excluding hydrogens is 899 g/mol. The van der Waals surface area contributed by atoms with Gasteiger partial charge in [0.25, 0.3) is 10.0 Å². The summed E-state index contributed by atoms with van der Waals surface area (Å²) in [6, 6.07) is 28.7. The first-order valence-electron chi connectivity index (χ1n) is 23.0. The van der Waals surface area contributed by atoms with Crippen LogP contribution in [0.2, 0.25) is 0 Å². The Hall–Kier alpha value is -6.85. The highest BCUT2D eigenvalue weighted by molar-refractivity contribution is 7.90. The molecule has 0 unspecified atom stereocenters. The van der Waals surface area contributed by atoms with Crippen LogP contribution in [-0.4, -0.2) is 83.5 Å². The van der Waals surface area contributed by atoms with Crippen molar-refractivity contribution in [2.45, 2.75) is 116 Å². The molecule has 5 amide bonds. The van der Waals surface area contributed by atoms with E-state index in [1.807, 2.05) is 112 Å². The number of carbonyl (C=O) groups is 5. The van der Waals surface area contributed by atoms with Crippen LogP contribution < -0.4 is 26.6 Å². The molecule has 1 heterocycles. The molecular formula is C52H65N7O9S. The summed E-state index contributed by atoms with van der Waals surface area (Å²) in [5.74, 6) is -3.25. The van der Waals surface area contributed by atoms with Gasteiger partial charge in [0.15, 0.2) is 0 Å². The first kappa shape index (κ1) is 53.1. The van der Waals surface area contributed by atoms with Crippen LogP contribution in [0.25, 0.3) is 0 Å². The number of nitrogens with one attached hydrogen (secondary N) is 5. The molecule has 0 radical (unpaired) electrons. The van der Waals surface area contributed by atoms with Crippen LogP contribution in [0.1, 0.15) is 88.9 Å². The summed E-state index contributed by atoms with van der Waals surface area (Å²) in [5.41, 5.74) is 2.54. The zero-order valence-corrected chi connectivity index (χ0v) is 41.3. The minimum absolute atomic E-state index is 0.0118.